The second kappa shape index (κ2) is 5.40. The van der Waals surface area contributed by atoms with E-state index in [1.54, 1.807) is 6.33 Å². The molecule has 0 bridgehead atoms. The Bertz CT molecular complexity index is 599. The van der Waals surface area contributed by atoms with Crippen LogP contribution in [0.4, 0.5) is 5.82 Å². The van der Waals surface area contributed by atoms with Crippen LogP contribution in [0.3, 0.4) is 0 Å². The quantitative estimate of drug-likeness (QED) is 0.820. The van der Waals surface area contributed by atoms with Crippen LogP contribution in [0.1, 0.15) is 18.4 Å². The molecule has 19 heavy (non-hydrogen) atoms. The van der Waals surface area contributed by atoms with Crippen LogP contribution in [0.15, 0.2) is 30.1 Å². The van der Waals surface area contributed by atoms with Gasteiger partial charge in [-0.15, -0.1) is 0 Å². The van der Waals surface area contributed by atoms with Crippen molar-refractivity contribution in [3.05, 3.63) is 35.7 Å². The van der Waals surface area contributed by atoms with Gasteiger partial charge >= 0.3 is 0 Å². The maximum atomic E-state index is 4.24. The number of rotatable bonds is 4. The summed E-state index contributed by atoms with van der Waals surface area (Å²) in [6.07, 6.45) is 6.14. The first-order valence-electron chi connectivity index (χ1n) is 6.76. The van der Waals surface area contributed by atoms with Crippen LogP contribution in [-0.4, -0.2) is 34.2 Å². The van der Waals surface area contributed by atoms with Crippen LogP contribution in [0.2, 0.25) is 0 Å². The van der Waals surface area contributed by atoms with Crippen molar-refractivity contribution >= 4 is 11.5 Å². The van der Waals surface area contributed by atoms with E-state index in [9.17, 15) is 0 Å². The van der Waals surface area contributed by atoms with Gasteiger partial charge in [-0.3, -0.25) is 0 Å². The van der Waals surface area contributed by atoms with Crippen LogP contribution < -0.4 is 10.6 Å². The molecule has 5 heteroatoms. The molecule has 5 nitrogen and oxygen atoms in total. The first kappa shape index (κ1) is 12.2. The van der Waals surface area contributed by atoms with Gasteiger partial charge in [0.25, 0.3) is 0 Å². The highest BCUT2D eigenvalue weighted by molar-refractivity contribution is 5.51. The molecule has 2 N–H and O–H groups in total. The molecule has 0 amide bonds. The fourth-order valence-electron chi connectivity index (χ4n) is 2.43. The van der Waals surface area contributed by atoms with Gasteiger partial charge < -0.3 is 10.6 Å². The molecule has 0 aliphatic carbocycles. The Labute approximate surface area is 112 Å². The van der Waals surface area contributed by atoms with Crippen LogP contribution in [-0.2, 0) is 0 Å². The normalized spacial score (nSPS) is 15.5. The van der Waals surface area contributed by atoms with E-state index < -0.39 is 0 Å². The fraction of sp³-hybridized carbons (Fsp3) is 0.429. The predicted octanol–water partition coefficient (Wildman–Crippen LogP) is 1.76. The van der Waals surface area contributed by atoms with Crippen LogP contribution in [0, 0.1) is 6.92 Å². The molecule has 0 atom stereocenters. The summed E-state index contributed by atoms with van der Waals surface area (Å²) in [7, 11) is 0. The Morgan fingerprint density at radius 3 is 3.21 bits per heavy atom. The van der Waals surface area contributed by atoms with Gasteiger partial charge in [0.2, 0.25) is 0 Å². The summed E-state index contributed by atoms with van der Waals surface area (Å²) >= 11 is 0. The summed E-state index contributed by atoms with van der Waals surface area (Å²) in [5.74, 6) is 1.02. The molecule has 3 heterocycles. The average molecular weight is 257 g/mol. The molecular weight excluding hydrogens is 238 g/mol. The van der Waals surface area contributed by atoms with E-state index in [1.165, 1.54) is 11.1 Å². The average Bonchev–Trinajstić information content (AvgIpc) is 2.88. The van der Waals surface area contributed by atoms with Gasteiger partial charge in [-0.05, 0) is 44.0 Å². The lowest BCUT2D eigenvalue weighted by molar-refractivity contribution is 0.683. The number of anilines is 1. The molecule has 1 aliphatic heterocycles. The van der Waals surface area contributed by atoms with Gasteiger partial charge in [0.15, 0.2) is 5.65 Å². The molecule has 2 aromatic rings. The Balaban J connectivity index is 1.68. The summed E-state index contributed by atoms with van der Waals surface area (Å²) in [6.45, 7) is 5.12. The molecule has 0 fully saturated rings. The molecule has 1 aliphatic rings. The number of nitrogens with one attached hydrogen (secondary N) is 2. The Morgan fingerprint density at radius 1 is 1.42 bits per heavy atom. The van der Waals surface area contributed by atoms with E-state index in [1.807, 2.05) is 10.6 Å². The lowest BCUT2D eigenvalue weighted by atomic mass is 10.1. The maximum Gasteiger partial charge on any atom is 0.157 e. The number of aryl methyl sites for hydroxylation is 1. The number of hydrogen-bond donors (Lipinski definition) is 2. The second-order valence-corrected chi connectivity index (χ2v) is 4.94. The molecule has 100 valence electrons. The minimum Gasteiger partial charge on any atom is -0.370 e. The van der Waals surface area contributed by atoms with Gasteiger partial charge in [0.1, 0.15) is 12.1 Å². The zero-order chi connectivity index (χ0) is 13.1. The minimum absolute atomic E-state index is 0.892. The molecule has 0 spiro atoms. The highest BCUT2D eigenvalue weighted by Crippen LogP contribution is 2.14. The summed E-state index contributed by atoms with van der Waals surface area (Å²) in [4.78, 5) is 4.23. The number of hydrogen-bond acceptors (Lipinski definition) is 4. The lowest BCUT2D eigenvalue weighted by Gasteiger charge is -2.15. The van der Waals surface area contributed by atoms with Crippen LogP contribution in [0.5, 0.6) is 0 Å². The third-order valence-electron chi connectivity index (χ3n) is 3.43. The fourth-order valence-corrected chi connectivity index (χ4v) is 2.43. The number of pyridine rings is 1. The zero-order valence-corrected chi connectivity index (χ0v) is 11.2. The topological polar surface area (TPSA) is 54.2 Å². The summed E-state index contributed by atoms with van der Waals surface area (Å²) in [5.41, 5.74) is 3.63. The largest absolute Gasteiger partial charge is 0.370 e. The van der Waals surface area contributed by atoms with Crippen LogP contribution in [0.25, 0.3) is 5.65 Å². The van der Waals surface area contributed by atoms with E-state index >= 15 is 0 Å². The molecule has 0 radical (unpaired) electrons. The van der Waals surface area contributed by atoms with Crippen molar-refractivity contribution in [2.45, 2.75) is 19.8 Å². The van der Waals surface area contributed by atoms with Crippen LogP contribution >= 0.6 is 0 Å². The third-order valence-corrected chi connectivity index (χ3v) is 3.43. The summed E-state index contributed by atoms with van der Waals surface area (Å²) in [6, 6.07) is 4.14. The molecule has 0 unspecified atom stereocenters. The monoisotopic (exact) mass is 257 g/mol. The smallest absolute Gasteiger partial charge is 0.157 e. The van der Waals surface area contributed by atoms with Gasteiger partial charge in [-0.1, -0.05) is 11.6 Å². The standard InChI is InChI=1S/C14H19N5/c1-11-8-13(19-14(9-11)17-10-18-19)16-7-4-12-2-5-15-6-3-12/h2,8-10,15-16H,3-7H2,1H3. The van der Waals surface area contributed by atoms with Gasteiger partial charge in [-0.2, -0.15) is 9.61 Å². The van der Waals surface area contributed by atoms with Crippen molar-refractivity contribution in [3.63, 3.8) is 0 Å². The Morgan fingerprint density at radius 2 is 2.37 bits per heavy atom. The van der Waals surface area contributed by atoms with E-state index in [2.05, 4.69) is 39.8 Å². The SMILES string of the molecule is Cc1cc(NCCC2=CCNCC2)n2ncnc2c1. The first-order valence-corrected chi connectivity index (χ1v) is 6.76. The van der Waals surface area contributed by atoms with E-state index in [4.69, 9.17) is 0 Å². The molecule has 0 aromatic carbocycles. The van der Waals surface area contributed by atoms with Crippen molar-refractivity contribution < 1.29 is 0 Å². The van der Waals surface area contributed by atoms with Crippen molar-refractivity contribution in [1.29, 1.82) is 0 Å². The number of nitrogens with zero attached hydrogens (tertiary/aromatic N) is 3. The highest BCUT2D eigenvalue weighted by Gasteiger charge is 2.05. The Hall–Kier alpha value is -1.88. The summed E-state index contributed by atoms with van der Waals surface area (Å²) < 4.78 is 1.85. The van der Waals surface area contributed by atoms with Gasteiger partial charge in [-0.25, -0.2) is 4.98 Å². The number of fused-ring (bicyclic) bond motifs is 1. The molecular formula is C14H19N5. The van der Waals surface area contributed by atoms with E-state index in [0.29, 0.717) is 0 Å². The van der Waals surface area contributed by atoms with Gasteiger partial charge in [0, 0.05) is 13.1 Å². The maximum absolute atomic E-state index is 4.24. The molecule has 0 saturated carbocycles. The lowest BCUT2D eigenvalue weighted by Crippen LogP contribution is -2.21. The highest BCUT2D eigenvalue weighted by atomic mass is 15.3. The second-order valence-electron chi connectivity index (χ2n) is 4.94. The Kier molecular flexibility index (Phi) is 3.46. The molecule has 3 rings (SSSR count). The minimum atomic E-state index is 0.892. The molecule has 2 aromatic heterocycles. The van der Waals surface area contributed by atoms with Gasteiger partial charge in [0.05, 0.1) is 0 Å². The summed E-state index contributed by atoms with van der Waals surface area (Å²) in [5, 5.41) is 11.0. The zero-order valence-electron chi connectivity index (χ0n) is 11.2. The van der Waals surface area contributed by atoms with Crippen molar-refractivity contribution in [2.24, 2.45) is 0 Å². The predicted molar refractivity (Wildman–Crippen MR) is 76.4 cm³/mol. The third kappa shape index (κ3) is 2.76. The van der Waals surface area contributed by atoms with E-state index in [-0.39, 0.29) is 0 Å². The van der Waals surface area contributed by atoms with Crippen molar-refractivity contribution in [3.8, 4) is 0 Å². The van der Waals surface area contributed by atoms with Crippen molar-refractivity contribution in [2.75, 3.05) is 25.0 Å². The molecule has 0 saturated heterocycles. The number of aromatic nitrogens is 3. The van der Waals surface area contributed by atoms with E-state index in [0.717, 1.165) is 43.9 Å². The first-order chi connectivity index (χ1) is 9.33. The van der Waals surface area contributed by atoms with Crippen molar-refractivity contribution in [1.82, 2.24) is 19.9 Å².